The number of rotatable bonds is 5. The molecule has 1 N–H and O–H groups in total. The molecule has 5 nitrogen and oxygen atoms in total. The first-order valence-electron chi connectivity index (χ1n) is 8.24. The summed E-state index contributed by atoms with van der Waals surface area (Å²) in [5.41, 5.74) is 2.95. The molecule has 1 aliphatic rings. The Balaban J connectivity index is 1.98. The molecule has 23 heavy (non-hydrogen) atoms. The van der Waals surface area contributed by atoms with Gasteiger partial charge in [-0.25, -0.2) is 0 Å². The van der Waals surface area contributed by atoms with Crippen LogP contribution in [0.3, 0.4) is 0 Å². The van der Waals surface area contributed by atoms with Crippen LogP contribution in [0, 0.1) is 13.8 Å². The van der Waals surface area contributed by atoms with Crippen molar-refractivity contribution < 1.29 is 14.7 Å². The topological polar surface area (TPSA) is 60.9 Å². The van der Waals surface area contributed by atoms with Crippen LogP contribution < -0.4 is 0 Å². The van der Waals surface area contributed by atoms with Gasteiger partial charge in [-0.2, -0.15) is 0 Å². The average Bonchev–Trinajstić information content (AvgIpc) is 2.51. The average molecular weight is 318 g/mol. The van der Waals surface area contributed by atoms with Crippen molar-refractivity contribution in [3.63, 3.8) is 0 Å². The zero-order valence-corrected chi connectivity index (χ0v) is 14.2. The number of benzene rings is 1. The highest BCUT2D eigenvalue weighted by molar-refractivity contribution is 5.94. The molecule has 1 aromatic rings. The zero-order valence-electron chi connectivity index (χ0n) is 14.2. The van der Waals surface area contributed by atoms with Crippen molar-refractivity contribution in [2.45, 2.75) is 39.7 Å². The predicted molar refractivity (Wildman–Crippen MR) is 89.7 cm³/mol. The van der Waals surface area contributed by atoms with Crippen molar-refractivity contribution in [2.75, 3.05) is 26.2 Å². The van der Waals surface area contributed by atoms with Crippen molar-refractivity contribution in [3.8, 4) is 0 Å². The lowest BCUT2D eigenvalue weighted by atomic mass is 10.0. The van der Waals surface area contributed by atoms with E-state index in [-0.39, 0.29) is 18.5 Å². The second-order valence-electron chi connectivity index (χ2n) is 6.36. The van der Waals surface area contributed by atoms with Crippen LogP contribution in [0.4, 0.5) is 0 Å². The number of piperidine rings is 1. The maximum atomic E-state index is 12.6. The molecule has 1 saturated heterocycles. The Morgan fingerprint density at radius 1 is 1.17 bits per heavy atom. The molecule has 0 aliphatic carbocycles. The number of amides is 1. The third-order valence-electron chi connectivity index (χ3n) is 4.48. The molecule has 126 valence electrons. The highest BCUT2D eigenvalue weighted by atomic mass is 16.4. The second-order valence-corrected chi connectivity index (χ2v) is 6.36. The summed E-state index contributed by atoms with van der Waals surface area (Å²) in [6.07, 6.45) is 1.66. The van der Waals surface area contributed by atoms with E-state index in [9.17, 15) is 9.59 Å². The smallest absolute Gasteiger partial charge is 0.317 e. The normalized spacial score (nSPS) is 15.9. The van der Waals surface area contributed by atoms with Gasteiger partial charge in [-0.3, -0.25) is 14.5 Å². The number of carboxylic acid groups (broad SMARTS) is 1. The molecule has 0 spiro atoms. The van der Waals surface area contributed by atoms with Crippen LogP contribution >= 0.6 is 0 Å². The molecule has 1 aliphatic heterocycles. The second kappa shape index (κ2) is 7.59. The van der Waals surface area contributed by atoms with Crippen LogP contribution in [0.15, 0.2) is 18.2 Å². The van der Waals surface area contributed by atoms with Crippen molar-refractivity contribution >= 4 is 11.9 Å². The van der Waals surface area contributed by atoms with Gasteiger partial charge in [0, 0.05) is 24.7 Å². The van der Waals surface area contributed by atoms with Gasteiger partial charge in [-0.1, -0.05) is 24.1 Å². The van der Waals surface area contributed by atoms with Crippen molar-refractivity contribution in [1.29, 1.82) is 0 Å². The molecule has 0 unspecified atom stereocenters. The highest BCUT2D eigenvalue weighted by Gasteiger charge is 2.27. The number of likely N-dealkylation sites (tertiary alicyclic amines) is 1. The van der Waals surface area contributed by atoms with Gasteiger partial charge < -0.3 is 10.0 Å². The van der Waals surface area contributed by atoms with Gasteiger partial charge in [-0.05, 0) is 45.4 Å². The van der Waals surface area contributed by atoms with Gasteiger partial charge in [0.05, 0.1) is 6.54 Å². The van der Waals surface area contributed by atoms with E-state index in [1.54, 1.807) is 0 Å². The number of carboxylic acids is 1. The first kappa shape index (κ1) is 17.5. The summed E-state index contributed by atoms with van der Waals surface area (Å²) in [5, 5.41) is 8.98. The van der Waals surface area contributed by atoms with E-state index in [0.29, 0.717) is 13.1 Å². The summed E-state index contributed by atoms with van der Waals surface area (Å²) in [4.78, 5) is 27.4. The van der Waals surface area contributed by atoms with Crippen LogP contribution in [0.2, 0.25) is 0 Å². The number of hydrogen-bond donors (Lipinski definition) is 1. The van der Waals surface area contributed by atoms with E-state index in [4.69, 9.17) is 5.11 Å². The van der Waals surface area contributed by atoms with E-state index < -0.39 is 5.97 Å². The molecule has 1 heterocycles. The minimum atomic E-state index is -0.791. The van der Waals surface area contributed by atoms with Crippen LogP contribution in [0.25, 0.3) is 0 Å². The zero-order chi connectivity index (χ0) is 17.0. The SMILES string of the molecule is CCN(CC(=O)O)C1CCN(C(=O)c2cc(C)cc(C)c2)CC1. The van der Waals surface area contributed by atoms with Gasteiger partial charge in [0.15, 0.2) is 0 Å². The Morgan fingerprint density at radius 2 is 1.74 bits per heavy atom. The van der Waals surface area contributed by atoms with Gasteiger partial charge >= 0.3 is 5.97 Å². The Kier molecular flexibility index (Phi) is 5.77. The number of likely N-dealkylation sites (N-methyl/N-ethyl adjacent to an activating group) is 1. The molecule has 5 heteroatoms. The molecule has 0 atom stereocenters. The minimum absolute atomic E-state index is 0.0756. The van der Waals surface area contributed by atoms with E-state index in [1.807, 2.05) is 42.7 Å². The van der Waals surface area contributed by atoms with Gasteiger partial charge in [0.1, 0.15) is 0 Å². The van der Waals surface area contributed by atoms with E-state index in [0.717, 1.165) is 36.1 Å². The summed E-state index contributed by atoms with van der Waals surface area (Å²) in [6.45, 7) is 8.16. The molecular formula is C18H26N2O3. The third kappa shape index (κ3) is 4.55. The van der Waals surface area contributed by atoms with Gasteiger partial charge in [0.25, 0.3) is 5.91 Å². The van der Waals surface area contributed by atoms with Gasteiger partial charge in [0.2, 0.25) is 0 Å². The number of hydrogen-bond acceptors (Lipinski definition) is 3. The summed E-state index contributed by atoms with van der Waals surface area (Å²) in [5.74, 6) is -0.711. The number of aryl methyl sites for hydroxylation is 2. The standard InChI is InChI=1S/C18H26N2O3/c1-4-19(12-17(21)22)16-5-7-20(8-6-16)18(23)15-10-13(2)9-14(3)11-15/h9-11,16H,4-8,12H2,1-3H3,(H,21,22). The van der Waals surface area contributed by atoms with Crippen LogP contribution in [0.5, 0.6) is 0 Å². The first-order valence-corrected chi connectivity index (χ1v) is 8.24. The molecule has 0 aromatic heterocycles. The Hall–Kier alpha value is -1.88. The minimum Gasteiger partial charge on any atom is -0.480 e. The molecule has 0 radical (unpaired) electrons. The monoisotopic (exact) mass is 318 g/mol. The van der Waals surface area contributed by atoms with Crippen LogP contribution in [-0.4, -0.2) is 59.0 Å². The fourth-order valence-corrected chi connectivity index (χ4v) is 3.39. The fraction of sp³-hybridized carbons (Fsp3) is 0.556. The molecule has 1 amide bonds. The molecule has 1 fully saturated rings. The lowest BCUT2D eigenvalue weighted by molar-refractivity contribution is -0.139. The third-order valence-corrected chi connectivity index (χ3v) is 4.48. The fourth-order valence-electron chi connectivity index (χ4n) is 3.39. The molecule has 1 aromatic carbocycles. The van der Waals surface area contributed by atoms with Crippen molar-refractivity contribution in [2.24, 2.45) is 0 Å². The van der Waals surface area contributed by atoms with Crippen molar-refractivity contribution in [1.82, 2.24) is 9.80 Å². The Labute approximate surface area is 137 Å². The highest BCUT2D eigenvalue weighted by Crippen LogP contribution is 2.19. The van der Waals surface area contributed by atoms with Gasteiger partial charge in [-0.15, -0.1) is 0 Å². The lowest BCUT2D eigenvalue weighted by Gasteiger charge is -2.37. The summed E-state index contributed by atoms with van der Waals surface area (Å²) >= 11 is 0. The summed E-state index contributed by atoms with van der Waals surface area (Å²) in [7, 11) is 0. The number of nitrogens with zero attached hydrogens (tertiary/aromatic N) is 2. The maximum absolute atomic E-state index is 12.6. The predicted octanol–water partition coefficient (Wildman–Crippen LogP) is 2.31. The van der Waals surface area contributed by atoms with Crippen LogP contribution in [-0.2, 0) is 4.79 Å². The first-order chi connectivity index (χ1) is 10.9. The Bertz CT molecular complexity index is 557. The van der Waals surface area contributed by atoms with E-state index >= 15 is 0 Å². The van der Waals surface area contributed by atoms with E-state index in [1.165, 1.54) is 0 Å². The number of carbonyl (C=O) groups excluding carboxylic acids is 1. The van der Waals surface area contributed by atoms with Crippen molar-refractivity contribution in [3.05, 3.63) is 34.9 Å². The summed E-state index contributed by atoms with van der Waals surface area (Å²) in [6, 6.07) is 6.18. The number of aliphatic carboxylic acids is 1. The summed E-state index contributed by atoms with van der Waals surface area (Å²) < 4.78 is 0. The van der Waals surface area contributed by atoms with Crippen LogP contribution in [0.1, 0.15) is 41.3 Å². The largest absolute Gasteiger partial charge is 0.480 e. The Morgan fingerprint density at radius 3 is 2.22 bits per heavy atom. The quantitative estimate of drug-likeness (QED) is 0.905. The van der Waals surface area contributed by atoms with E-state index in [2.05, 4.69) is 6.07 Å². The molecule has 0 saturated carbocycles. The molecule has 0 bridgehead atoms. The number of carbonyl (C=O) groups is 2. The molecule has 2 rings (SSSR count). The molecular weight excluding hydrogens is 292 g/mol. The maximum Gasteiger partial charge on any atom is 0.317 e. The lowest BCUT2D eigenvalue weighted by Crippen LogP contribution is -2.48.